The molecule has 1 aromatic carbocycles. The standard InChI is InChI=1S/C24H33N3O2/c1-3-16-15-27-11-8-17(16)12-22(27)24(28)20-14-23(26-9-4-5-10-26)25-21-7-6-18(29-2)13-19(20)21/h6-7,13-14,16-17,22,24,28H,3-5,8-12,15H2,1-2H3/t16-,17-,22?,24+/m0/s1. The Balaban J connectivity index is 1.55. The third kappa shape index (κ3) is 3.38. The summed E-state index contributed by atoms with van der Waals surface area (Å²) >= 11 is 0. The van der Waals surface area contributed by atoms with E-state index in [-0.39, 0.29) is 6.04 Å². The van der Waals surface area contributed by atoms with Gasteiger partial charge in [-0.05, 0) is 73.9 Å². The molecule has 2 bridgehead atoms. The van der Waals surface area contributed by atoms with E-state index < -0.39 is 6.10 Å². The molecule has 5 atom stereocenters. The van der Waals surface area contributed by atoms with Crippen LogP contribution in [-0.2, 0) is 0 Å². The Morgan fingerprint density at radius 3 is 2.72 bits per heavy atom. The minimum Gasteiger partial charge on any atom is -0.497 e. The Bertz CT molecular complexity index is 880. The predicted molar refractivity (Wildman–Crippen MR) is 117 cm³/mol. The van der Waals surface area contributed by atoms with E-state index in [1.165, 1.54) is 25.7 Å². The van der Waals surface area contributed by atoms with Crippen molar-refractivity contribution in [3.63, 3.8) is 0 Å². The molecule has 5 heteroatoms. The van der Waals surface area contributed by atoms with Crippen LogP contribution in [0.15, 0.2) is 24.3 Å². The molecule has 156 valence electrons. The molecule has 4 fully saturated rings. The minimum atomic E-state index is -0.491. The van der Waals surface area contributed by atoms with Gasteiger partial charge in [0.05, 0.1) is 18.7 Å². The Morgan fingerprint density at radius 2 is 2.03 bits per heavy atom. The Morgan fingerprint density at radius 1 is 1.21 bits per heavy atom. The Labute approximate surface area is 173 Å². The van der Waals surface area contributed by atoms with Gasteiger partial charge in [-0.1, -0.05) is 13.3 Å². The molecule has 0 spiro atoms. The Hall–Kier alpha value is -1.85. The zero-order chi connectivity index (χ0) is 20.0. The van der Waals surface area contributed by atoms with Crippen LogP contribution in [0, 0.1) is 11.8 Å². The molecule has 1 aromatic heterocycles. The third-order valence-corrected chi connectivity index (χ3v) is 7.61. The van der Waals surface area contributed by atoms with Crippen LogP contribution in [0.5, 0.6) is 5.75 Å². The number of piperidine rings is 3. The van der Waals surface area contributed by atoms with Crippen molar-refractivity contribution in [2.24, 2.45) is 11.8 Å². The van der Waals surface area contributed by atoms with Gasteiger partial charge in [0.1, 0.15) is 11.6 Å². The highest BCUT2D eigenvalue weighted by Gasteiger charge is 2.42. The number of fused-ring (bicyclic) bond motifs is 4. The van der Waals surface area contributed by atoms with Crippen LogP contribution in [0.25, 0.3) is 10.9 Å². The second-order valence-electron chi connectivity index (χ2n) is 9.11. The number of hydrogen-bond donors (Lipinski definition) is 1. The van der Waals surface area contributed by atoms with Gasteiger partial charge in [0, 0.05) is 31.1 Å². The van der Waals surface area contributed by atoms with Crippen molar-refractivity contribution in [3.05, 3.63) is 29.8 Å². The predicted octanol–water partition coefficient (Wildman–Crippen LogP) is 4.00. The van der Waals surface area contributed by atoms with Gasteiger partial charge in [-0.25, -0.2) is 4.98 Å². The van der Waals surface area contributed by atoms with E-state index in [1.807, 2.05) is 18.2 Å². The fourth-order valence-electron chi connectivity index (χ4n) is 5.87. The lowest BCUT2D eigenvalue weighted by molar-refractivity contribution is -0.0562. The maximum absolute atomic E-state index is 11.6. The van der Waals surface area contributed by atoms with Gasteiger partial charge in [-0.15, -0.1) is 0 Å². The summed E-state index contributed by atoms with van der Waals surface area (Å²) in [6, 6.07) is 8.40. The molecular formula is C24H33N3O2. The normalized spacial score (nSPS) is 30.1. The summed E-state index contributed by atoms with van der Waals surface area (Å²) in [7, 11) is 1.69. The van der Waals surface area contributed by atoms with Crippen molar-refractivity contribution in [2.75, 3.05) is 38.2 Å². The largest absolute Gasteiger partial charge is 0.497 e. The van der Waals surface area contributed by atoms with E-state index in [4.69, 9.17) is 9.72 Å². The van der Waals surface area contributed by atoms with Crippen LogP contribution in [0.2, 0.25) is 0 Å². The molecule has 4 saturated heterocycles. The summed E-state index contributed by atoms with van der Waals surface area (Å²) in [6.07, 6.45) is 5.58. The first-order valence-corrected chi connectivity index (χ1v) is 11.3. The lowest BCUT2D eigenvalue weighted by Crippen LogP contribution is -2.55. The first kappa shape index (κ1) is 19.1. The fourth-order valence-corrected chi connectivity index (χ4v) is 5.87. The van der Waals surface area contributed by atoms with Crippen molar-refractivity contribution >= 4 is 16.7 Å². The van der Waals surface area contributed by atoms with Crippen LogP contribution in [-0.4, -0.2) is 54.3 Å². The smallest absolute Gasteiger partial charge is 0.129 e. The van der Waals surface area contributed by atoms with Crippen LogP contribution in [0.4, 0.5) is 5.82 Å². The summed E-state index contributed by atoms with van der Waals surface area (Å²) in [6.45, 7) is 6.67. The molecule has 1 N–H and O–H groups in total. The average Bonchev–Trinajstić information content (AvgIpc) is 3.32. The van der Waals surface area contributed by atoms with Gasteiger partial charge >= 0.3 is 0 Å². The van der Waals surface area contributed by atoms with E-state index in [0.717, 1.165) is 72.5 Å². The van der Waals surface area contributed by atoms with Crippen LogP contribution >= 0.6 is 0 Å². The van der Waals surface area contributed by atoms with E-state index >= 15 is 0 Å². The number of ether oxygens (including phenoxy) is 1. The number of benzene rings is 1. The third-order valence-electron chi connectivity index (χ3n) is 7.61. The number of hydrogen-bond acceptors (Lipinski definition) is 5. The minimum absolute atomic E-state index is 0.208. The highest BCUT2D eigenvalue weighted by Crippen LogP contribution is 2.43. The van der Waals surface area contributed by atoms with Gasteiger partial charge < -0.3 is 14.7 Å². The monoisotopic (exact) mass is 395 g/mol. The highest BCUT2D eigenvalue weighted by molar-refractivity contribution is 5.86. The number of rotatable bonds is 5. The second-order valence-corrected chi connectivity index (χ2v) is 9.11. The number of pyridine rings is 1. The van der Waals surface area contributed by atoms with Crippen molar-refractivity contribution in [1.82, 2.24) is 9.88 Å². The van der Waals surface area contributed by atoms with Gasteiger partial charge in [0.25, 0.3) is 0 Å². The quantitative estimate of drug-likeness (QED) is 0.829. The van der Waals surface area contributed by atoms with Gasteiger partial charge in [-0.3, -0.25) is 4.90 Å². The number of methoxy groups -OCH3 is 1. The molecule has 5 heterocycles. The summed E-state index contributed by atoms with van der Waals surface area (Å²) in [5, 5.41) is 12.6. The molecular weight excluding hydrogens is 362 g/mol. The van der Waals surface area contributed by atoms with Gasteiger partial charge in [0.15, 0.2) is 0 Å². The average molecular weight is 396 g/mol. The maximum Gasteiger partial charge on any atom is 0.129 e. The molecule has 2 unspecified atom stereocenters. The zero-order valence-electron chi connectivity index (χ0n) is 17.7. The molecule has 29 heavy (non-hydrogen) atoms. The lowest BCUT2D eigenvalue weighted by Gasteiger charge is -2.51. The lowest BCUT2D eigenvalue weighted by atomic mass is 9.72. The van der Waals surface area contributed by atoms with E-state index in [9.17, 15) is 5.11 Å². The molecule has 0 saturated carbocycles. The van der Waals surface area contributed by atoms with E-state index in [2.05, 4.69) is 22.8 Å². The molecule has 0 aliphatic carbocycles. The molecule has 4 aliphatic heterocycles. The first-order valence-electron chi connectivity index (χ1n) is 11.3. The number of nitrogens with zero attached hydrogens (tertiary/aromatic N) is 3. The van der Waals surface area contributed by atoms with Crippen LogP contribution < -0.4 is 9.64 Å². The number of aliphatic hydroxyl groups is 1. The zero-order valence-corrected chi connectivity index (χ0v) is 17.7. The second kappa shape index (κ2) is 7.77. The number of aromatic nitrogens is 1. The summed E-state index contributed by atoms with van der Waals surface area (Å²) in [5.74, 6) is 3.38. The molecule has 0 radical (unpaired) electrons. The van der Waals surface area contributed by atoms with Gasteiger partial charge in [-0.2, -0.15) is 0 Å². The summed E-state index contributed by atoms with van der Waals surface area (Å²) in [5.41, 5.74) is 1.97. The van der Waals surface area contributed by atoms with Crippen LogP contribution in [0.1, 0.15) is 50.7 Å². The molecule has 6 rings (SSSR count). The number of anilines is 1. The Kier molecular flexibility index (Phi) is 5.12. The van der Waals surface area contributed by atoms with Crippen molar-refractivity contribution in [2.45, 2.75) is 51.2 Å². The van der Waals surface area contributed by atoms with Crippen molar-refractivity contribution in [1.29, 1.82) is 0 Å². The molecule has 0 amide bonds. The number of aliphatic hydroxyl groups excluding tert-OH is 1. The van der Waals surface area contributed by atoms with Crippen molar-refractivity contribution in [3.8, 4) is 5.75 Å². The fraction of sp³-hybridized carbons (Fsp3) is 0.625. The molecule has 2 aromatic rings. The summed E-state index contributed by atoms with van der Waals surface area (Å²) < 4.78 is 5.48. The van der Waals surface area contributed by atoms with E-state index in [0.29, 0.717) is 0 Å². The van der Waals surface area contributed by atoms with Gasteiger partial charge in [0.2, 0.25) is 0 Å². The van der Waals surface area contributed by atoms with Crippen molar-refractivity contribution < 1.29 is 9.84 Å². The topological polar surface area (TPSA) is 48.8 Å². The highest BCUT2D eigenvalue weighted by atomic mass is 16.5. The van der Waals surface area contributed by atoms with Crippen LogP contribution in [0.3, 0.4) is 0 Å². The molecule has 5 nitrogen and oxygen atoms in total. The SMILES string of the molecule is CC[C@H]1CN2CC[C@H]1CC2[C@H](O)c1cc(N2CCCC2)nc2ccc(OC)cc12. The summed E-state index contributed by atoms with van der Waals surface area (Å²) in [4.78, 5) is 9.84. The first-order chi connectivity index (χ1) is 14.2. The van der Waals surface area contributed by atoms with E-state index in [1.54, 1.807) is 7.11 Å². The molecule has 4 aliphatic rings. The maximum atomic E-state index is 11.6.